The molecule has 0 amide bonds. The Bertz CT molecular complexity index is 631. The van der Waals surface area contributed by atoms with Crippen molar-refractivity contribution >= 4 is 10.0 Å². The summed E-state index contributed by atoms with van der Waals surface area (Å²) in [7, 11) is -3.35. The third kappa shape index (κ3) is 4.82. The lowest BCUT2D eigenvalue weighted by molar-refractivity contribution is 0.152. The number of rotatable bonds is 6. The first-order valence-electron chi connectivity index (χ1n) is 9.62. The molecule has 6 heteroatoms. The van der Waals surface area contributed by atoms with Crippen LogP contribution >= 0.6 is 0 Å². The molecule has 2 fully saturated rings. The van der Waals surface area contributed by atoms with Gasteiger partial charge in [-0.25, -0.2) is 8.42 Å². The van der Waals surface area contributed by atoms with Gasteiger partial charge in [-0.05, 0) is 56.0 Å². The quantitative estimate of drug-likeness (QED) is 0.837. The van der Waals surface area contributed by atoms with Gasteiger partial charge in [0.1, 0.15) is 0 Å². The Morgan fingerprint density at radius 1 is 1.04 bits per heavy atom. The van der Waals surface area contributed by atoms with E-state index in [1.54, 1.807) is 16.4 Å². The lowest BCUT2D eigenvalue weighted by atomic mass is 9.97. The number of hydrogen-bond acceptors (Lipinski definition) is 4. The summed E-state index contributed by atoms with van der Waals surface area (Å²) in [5.41, 5.74) is 1.20. The Hall–Kier alpha value is -0.950. The van der Waals surface area contributed by atoms with Crippen LogP contribution in [0.1, 0.15) is 31.7 Å². The van der Waals surface area contributed by atoms with E-state index < -0.39 is 10.0 Å². The van der Waals surface area contributed by atoms with Crippen LogP contribution in [0, 0.1) is 5.92 Å². The average Bonchev–Trinajstić information content (AvgIpc) is 2.64. The number of sulfonamides is 1. The molecule has 0 saturated carbocycles. The highest BCUT2D eigenvalue weighted by molar-refractivity contribution is 7.89. The number of hydrogen-bond donors (Lipinski definition) is 1. The molecule has 0 aromatic heterocycles. The Morgan fingerprint density at radius 2 is 1.68 bits per heavy atom. The van der Waals surface area contributed by atoms with E-state index in [0.29, 0.717) is 18.0 Å². The molecular weight excluding hydrogens is 334 g/mol. The normalized spacial score (nSPS) is 21.5. The second-order valence-corrected chi connectivity index (χ2v) is 9.23. The predicted octanol–water partition coefficient (Wildman–Crippen LogP) is 1.95. The Morgan fingerprint density at radius 3 is 2.28 bits per heavy atom. The van der Waals surface area contributed by atoms with Crippen molar-refractivity contribution in [3.8, 4) is 0 Å². The monoisotopic (exact) mass is 365 g/mol. The summed E-state index contributed by atoms with van der Waals surface area (Å²) in [6, 6.07) is 7.43. The van der Waals surface area contributed by atoms with Gasteiger partial charge in [-0.3, -0.25) is 0 Å². The first-order chi connectivity index (χ1) is 12.1. The molecule has 25 heavy (non-hydrogen) atoms. The standard InChI is InChI=1S/C19H31N3O2S/c1-2-3-17-4-6-19(7-5-17)25(23,24)22-14-12-21(13-15-22)16-18-8-10-20-11-9-18/h4-7,18,20H,2-3,8-16H2,1H3. The van der Waals surface area contributed by atoms with Crippen molar-refractivity contribution < 1.29 is 8.42 Å². The van der Waals surface area contributed by atoms with Gasteiger partial charge in [-0.2, -0.15) is 4.31 Å². The van der Waals surface area contributed by atoms with Gasteiger partial charge >= 0.3 is 0 Å². The van der Waals surface area contributed by atoms with Crippen LogP contribution in [0.3, 0.4) is 0 Å². The molecule has 2 aliphatic rings. The van der Waals surface area contributed by atoms with Crippen molar-refractivity contribution in [3.63, 3.8) is 0 Å². The highest BCUT2D eigenvalue weighted by Crippen LogP contribution is 2.20. The highest BCUT2D eigenvalue weighted by atomic mass is 32.2. The SMILES string of the molecule is CCCc1ccc(S(=O)(=O)N2CCN(CC3CCNCC3)CC2)cc1. The maximum atomic E-state index is 12.9. The van der Waals surface area contributed by atoms with Crippen LogP contribution in [0.15, 0.2) is 29.2 Å². The van der Waals surface area contributed by atoms with E-state index in [0.717, 1.165) is 51.5 Å². The summed E-state index contributed by atoms with van der Waals surface area (Å²) < 4.78 is 27.4. The van der Waals surface area contributed by atoms with Gasteiger partial charge < -0.3 is 10.2 Å². The molecule has 0 unspecified atom stereocenters. The summed E-state index contributed by atoms with van der Waals surface area (Å²) in [6.07, 6.45) is 4.55. The lowest BCUT2D eigenvalue weighted by Gasteiger charge is -2.36. The zero-order valence-electron chi connectivity index (χ0n) is 15.3. The molecule has 0 radical (unpaired) electrons. The fourth-order valence-corrected chi connectivity index (χ4v) is 5.27. The maximum Gasteiger partial charge on any atom is 0.243 e. The molecule has 1 aromatic rings. The summed E-state index contributed by atoms with van der Waals surface area (Å²) >= 11 is 0. The number of piperazine rings is 1. The van der Waals surface area contributed by atoms with E-state index in [2.05, 4.69) is 17.1 Å². The van der Waals surface area contributed by atoms with E-state index in [9.17, 15) is 8.42 Å². The van der Waals surface area contributed by atoms with Crippen molar-refractivity contribution in [2.24, 2.45) is 5.92 Å². The number of nitrogens with zero attached hydrogens (tertiary/aromatic N) is 2. The third-order valence-electron chi connectivity index (χ3n) is 5.41. The molecular formula is C19H31N3O2S. The summed E-state index contributed by atoms with van der Waals surface area (Å²) in [6.45, 7) is 8.37. The second-order valence-electron chi connectivity index (χ2n) is 7.29. The van der Waals surface area contributed by atoms with Gasteiger partial charge in [0.05, 0.1) is 4.90 Å². The van der Waals surface area contributed by atoms with Gasteiger partial charge in [0.2, 0.25) is 10.0 Å². The third-order valence-corrected chi connectivity index (χ3v) is 7.32. The van der Waals surface area contributed by atoms with Crippen molar-refractivity contribution in [3.05, 3.63) is 29.8 Å². The minimum Gasteiger partial charge on any atom is -0.317 e. The zero-order chi connectivity index (χ0) is 17.7. The van der Waals surface area contributed by atoms with Crippen LogP contribution in [0.5, 0.6) is 0 Å². The van der Waals surface area contributed by atoms with E-state index in [4.69, 9.17) is 0 Å². The minimum absolute atomic E-state index is 0.430. The topological polar surface area (TPSA) is 52.7 Å². The van der Waals surface area contributed by atoms with Gasteiger partial charge in [-0.1, -0.05) is 25.5 Å². The van der Waals surface area contributed by atoms with Crippen molar-refractivity contribution in [2.75, 3.05) is 45.8 Å². The van der Waals surface area contributed by atoms with Gasteiger partial charge in [0, 0.05) is 32.7 Å². The minimum atomic E-state index is -3.35. The van der Waals surface area contributed by atoms with Crippen molar-refractivity contribution in [2.45, 2.75) is 37.5 Å². The molecule has 2 heterocycles. The molecule has 3 rings (SSSR count). The van der Waals surface area contributed by atoms with Crippen LogP contribution in [-0.2, 0) is 16.4 Å². The van der Waals surface area contributed by atoms with E-state index in [-0.39, 0.29) is 0 Å². The molecule has 0 atom stereocenters. The van der Waals surface area contributed by atoms with Crippen molar-refractivity contribution in [1.29, 1.82) is 0 Å². The first kappa shape index (κ1) is 18.8. The van der Waals surface area contributed by atoms with Crippen LogP contribution in [-0.4, -0.2) is 63.4 Å². The van der Waals surface area contributed by atoms with Crippen LogP contribution in [0.4, 0.5) is 0 Å². The van der Waals surface area contributed by atoms with Crippen molar-refractivity contribution in [1.82, 2.24) is 14.5 Å². The molecule has 140 valence electrons. The Kier molecular flexibility index (Phi) is 6.49. The fourth-order valence-electron chi connectivity index (χ4n) is 3.85. The Labute approximate surface area is 152 Å². The molecule has 2 aliphatic heterocycles. The number of benzene rings is 1. The molecule has 1 aromatic carbocycles. The van der Waals surface area contributed by atoms with Gasteiger partial charge in [0.15, 0.2) is 0 Å². The molecule has 5 nitrogen and oxygen atoms in total. The van der Waals surface area contributed by atoms with E-state index in [1.165, 1.54) is 18.4 Å². The molecule has 1 N–H and O–H groups in total. The van der Waals surface area contributed by atoms with E-state index >= 15 is 0 Å². The number of nitrogens with one attached hydrogen (secondary N) is 1. The lowest BCUT2D eigenvalue weighted by Crippen LogP contribution is -2.50. The summed E-state index contributed by atoms with van der Waals surface area (Å²) in [5, 5.41) is 3.40. The van der Waals surface area contributed by atoms with E-state index in [1.807, 2.05) is 12.1 Å². The molecule has 0 bridgehead atoms. The molecule has 0 spiro atoms. The maximum absolute atomic E-state index is 12.9. The Balaban J connectivity index is 1.55. The van der Waals surface area contributed by atoms with Crippen LogP contribution in [0.2, 0.25) is 0 Å². The molecule has 0 aliphatic carbocycles. The number of aryl methyl sites for hydroxylation is 1. The average molecular weight is 366 g/mol. The summed E-state index contributed by atoms with van der Waals surface area (Å²) in [5.74, 6) is 0.760. The zero-order valence-corrected chi connectivity index (χ0v) is 16.1. The van der Waals surface area contributed by atoms with Gasteiger partial charge in [0.25, 0.3) is 0 Å². The smallest absolute Gasteiger partial charge is 0.243 e. The largest absolute Gasteiger partial charge is 0.317 e. The van der Waals surface area contributed by atoms with Crippen LogP contribution < -0.4 is 5.32 Å². The second kappa shape index (κ2) is 8.62. The van der Waals surface area contributed by atoms with Gasteiger partial charge in [-0.15, -0.1) is 0 Å². The highest BCUT2D eigenvalue weighted by Gasteiger charge is 2.29. The van der Waals surface area contributed by atoms with Crippen LogP contribution in [0.25, 0.3) is 0 Å². The fraction of sp³-hybridized carbons (Fsp3) is 0.684. The number of piperidine rings is 1. The first-order valence-corrected chi connectivity index (χ1v) is 11.1. The predicted molar refractivity (Wildman–Crippen MR) is 101 cm³/mol. The molecule has 2 saturated heterocycles. The summed E-state index contributed by atoms with van der Waals surface area (Å²) in [4.78, 5) is 2.87.